The zero-order valence-corrected chi connectivity index (χ0v) is 10.0. The SMILES string of the molecule is CCc1nnc(CN2CC(CN)CC2C)o1. The quantitative estimate of drug-likeness (QED) is 0.819. The minimum atomic E-state index is 0.561. The first-order valence-corrected chi connectivity index (χ1v) is 5.98. The number of nitrogens with two attached hydrogens (primary N) is 1. The van der Waals surface area contributed by atoms with Crippen LogP contribution >= 0.6 is 0 Å². The topological polar surface area (TPSA) is 68.2 Å². The van der Waals surface area contributed by atoms with Crippen LogP contribution in [0, 0.1) is 5.92 Å². The fraction of sp³-hybridized carbons (Fsp3) is 0.818. The molecule has 5 heteroatoms. The van der Waals surface area contributed by atoms with Gasteiger partial charge in [0.1, 0.15) is 0 Å². The van der Waals surface area contributed by atoms with Gasteiger partial charge < -0.3 is 10.2 Å². The Kier molecular flexibility index (Phi) is 3.56. The van der Waals surface area contributed by atoms with Gasteiger partial charge in [0, 0.05) is 19.0 Å². The third-order valence-electron chi connectivity index (χ3n) is 3.27. The zero-order chi connectivity index (χ0) is 11.5. The van der Waals surface area contributed by atoms with E-state index in [1.807, 2.05) is 6.92 Å². The molecule has 1 aromatic rings. The van der Waals surface area contributed by atoms with Crippen molar-refractivity contribution >= 4 is 0 Å². The lowest BCUT2D eigenvalue weighted by Crippen LogP contribution is -2.27. The van der Waals surface area contributed by atoms with Crippen LogP contribution in [0.4, 0.5) is 0 Å². The monoisotopic (exact) mass is 224 g/mol. The van der Waals surface area contributed by atoms with Crippen molar-refractivity contribution in [2.24, 2.45) is 11.7 Å². The molecule has 1 aliphatic rings. The van der Waals surface area contributed by atoms with Crippen LogP contribution in [0.3, 0.4) is 0 Å². The molecule has 2 heterocycles. The first-order valence-electron chi connectivity index (χ1n) is 5.98. The van der Waals surface area contributed by atoms with Gasteiger partial charge in [-0.3, -0.25) is 4.90 Å². The Hall–Kier alpha value is -0.940. The molecule has 0 radical (unpaired) electrons. The number of likely N-dealkylation sites (tertiary alicyclic amines) is 1. The van der Waals surface area contributed by atoms with Crippen LogP contribution in [0.25, 0.3) is 0 Å². The summed E-state index contributed by atoms with van der Waals surface area (Å²) in [7, 11) is 0. The smallest absolute Gasteiger partial charge is 0.230 e. The Balaban J connectivity index is 1.94. The highest BCUT2D eigenvalue weighted by Gasteiger charge is 2.29. The van der Waals surface area contributed by atoms with Crippen LogP contribution in [-0.2, 0) is 13.0 Å². The highest BCUT2D eigenvalue weighted by molar-refractivity contribution is 4.88. The van der Waals surface area contributed by atoms with Crippen molar-refractivity contribution in [1.29, 1.82) is 0 Å². The van der Waals surface area contributed by atoms with Gasteiger partial charge in [0.05, 0.1) is 6.54 Å². The summed E-state index contributed by atoms with van der Waals surface area (Å²) >= 11 is 0. The molecule has 90 valence electrons. The van der Waals surface area contributed by atoms with Crippen molar-refractivity contribution in [3.8, 4) is 0 Å². The van der Waals surface area contributed by atoms with Crippen LogP contribution in [0.15, 0.2) is 4.42 Å². The third-order valence-corrected chi connectivity index (χ3v) is 3.27. The molecule has 16 heavy (non-hydrogen) atoms. The number of nitrogens with zero attached hydrogens (tertiary/aromatic N) is 3. The Morgan fingerprint density at radius 2 is 2.19 bits per heavy atom. The average Bonchev–Trinajstić information content (AvgIpc) is 2.87. The number of aryl methyl sites for hydroxylation is 1. The lowest BCUT2D eigenvalue weighted by molar-refractivity contribution is 0.228. The third kappa shape index (κ3) is 2.41. The van der Waals surface area contributed by atoms with Gasteiger partial charge in [0.25, 0.3) is 0 Å². The Morgan fingerprint density at radius 1 is 1.44 bits per heavy atom. The molecular formula is C11H20N4O. The van der Waals surface area contributed by atoms with E-state index < -0.39 is 0 Å². The lowest BCUT2D eigenvalue weighted by atomic mass is 10.1. The molecule has 0 aromatic carbocycles. The van der Waals surface area contributed by atoms with Crippen molar-refractivity contribution in [2.75, 3.05) is 13.1 Å². The number of hydrogen-bond donors (Lipinski definition) is 1. The van der Waals surface area contributed by atoms with Gasteiger partial charge in [-0.2, -0.15) is 0 Å². The largest absolute Gasteiger partial charge is 0.424 e. The average molecular weight is 224 g/mol. The molecule has 0 bridgehead atoms. The maximum atomic E-state index is 5.70. The van der Waals surface area contributed by atoms with Crippen LogP contribution in [0.5, 0.6) is 0 Å². The molecule has 2 N–H and O–H groups in total. The van der Waals surface area contributed by atoms with Crippen molar-refractivity contribution < 1.29 is 4.42 Å². The van der Waals surface area contributed by atoms with Crippen molar-refractivity contribution in [1.82, 2.24) is 15.1 Å². The van der Waals surface area contributed by atoms with Gasteiger partial charge in [-0.1, -0.05) is 6.92 Å². The van der Waals surface area contributed by atoms with Gasteiger partial charge >= 0.3 is 0 Å². The van der Waals surface area contributed by atoms with Crippen molar-refractivity contribution in [3.05, 3.63) is 11.8 Å². The van der Waals surface area contributed by atoms with E-state index in [-0.39, 0.29) is 0 Å². The van der Waals surface area contributed by atoms with Gasteiger partial charge in [0.15, 0.2) is 0 Å². The standard InChI is InChI=1S/C11H20N4O/c1-3-10-13-14-11(16-10)7-15-6-9(5-12)4-8(15)2/h8-9H,3-7,12H2,1-2H3. The molecule has 5 nitrogen and oxygen atoms in total. The summed E-state index contributed by atoms with van der Waals surface area (Å²) in [5, 5.41) is 8.02. The number of aromatic nitrogens is 2. The van der Waals surface area contributed by atoms with Gasteiger partial charge in [-0.05, 0) is 25.8 Å². The fourth-order valence-electron chi connectivity index (χ4n) is 2.28. The molecule has 0 saturated carbocycles. The second kappa shape index (κ2) is 4.93. The van der Waals surface area contributed by atoms with E-state index >= 15 is 0 Å². The van der Waals surface area contributed by atoms with E-state index in [0.29, 0.717) is 12.0 Å². The molecule has 1 saturated heterocycles. The van der Waals surface area contributed by atoms with E-state index in [1.165, 1.54) is 6.42 Å². The number of rotatable bonds is 4. The summed E-state index contributed by atoms with van der Waals surface area (Å²) in [6, 6.07) is 0.561. The molecule has 2 unspecified atom stereocenters. The predicted octanol–water partition coefficient (Wildman–Crippen LogP) is 0.801. The first-order chi connectivity index (χ1) is 7.72. The van der Waals surface area contributed by atoms with E-state index in [0.717, 1.165) is 37.8 Å². The summed E-state index contributed by atoms with van der Waals surface area (Å²) in [6.45, 7) is 6.81. The number of hydrogen-bond acceptors (Lipinski definition) is 5. The summed E-state index contributed by atoms with van der Waals surface area (Å²) in [6.07, 6.45) is 1.97. The first kappa shape index (κ1) is 11.5. The molecule has 0 aliphatic carbocycles. The summed E-state index contributed by atoms with van der Waals surface area (Å²) in [5.74, 6) is 2.06. The summed E-state index contributed by atoms with van der Waals surface area (Å²) < 4.78 is 5.52. The molecule has 1 fully saturated rings. The maximum Gasteiger partial charge on any atom is 0.230 e. The zero-order valence-electron chi connectivity index (χ0n) is 10.0. The van der Waals surface area contributed by atoms with E-state index in [4.69, 9.17) is 10.2 Å². The molecule has 0 spiro atoms. The minimum Gasteiger partial charge on any atom is -0.424 e. The van der Waals surface area contributed by atoms with Crippen molar-refractivity contribution in [3.63, 3.8) is 0 Å². The van der Waals surface area contributed by atoms with E-state index in [2.05, 4.69) is 22.0 Å². The van der Waals surface area contributed by atoms with Gasteiger partial charge in [0.2, 0.25) is 11.8 Å². The molecular weight excluding hydrogens is 204 g/mol. The second-order valence-electron chi connectivity index (χ2n) is 4.56. The van der Waals surface area contributed by atoms with E-state index in [1.54, 1.807) is 0 Å². The predicted molar refractivity (Wildman–Crippen MR) is 60.7 cm³/mol. The normalized spacial score (nSPS) is 26.4. The minimum absolute atomic E-state index is 0.561. The summed E-state index contributed by atoms with van der Waals surface area (Å²) in [5.41, 5.74) is 5.70. The van der Waals surface area contributed by atoms with Crippen molar-refractivity contribution in [2.45, 2.75) is 39.3 Å². The van der Waals surface area contributed by atoms with Crippen LogP contribution in [0.2, 0.25) is 0 Å². The van der Waals surface area contributed by atoms with Crippen LogP contribution in [0.1, 0.15) is 32.0 Å². The Morgan fingerprint density at radius 3 is 2.75 bits per heavy atom. The maximum absolute atomic E-state index is 5.70. The molecule has 2 atom stereocenters. The highest BCUT2D eigenvalue weighted by atomic mass is 16.4. The summed E-state index contributed by atoms with van der Waals surface area (Å²) in [4.78, 5) is 2.37. The van der Waals surface area contributed by atoms with Crippen LogP contribution in [-0.4, -0.2) is 34.2 Å². The van der Waals surface area contributed by atoms with Gasteiger partial charge in [-0.25, -0.2) is 0 Å². The molecule has 1 aromatic heterocycles. The molecule has 2 rings (SSSR count). The van der Waals surface area contributed by atoms with Gasteiger partial charge in [-0.15, -0.1) is 10.2 Å². The van der Waals surface area contributed by atoms with E-state index in [9.17, 15) is 0 Å². The molecule has 1 aliphatic heterocycles. The Labute approximate surface area is 96.0 Å². The van der Waals surface area contributed by atoms with Crippen LogP contribution < -0.4 is 5.73 Å². The Bertz CT molecular complexity index is 338. The lowest BCUT2D eigenvalue weighted by Gasteiger charge is -2.18. The highest BCUT2D eigenvalue weighted by Crippen LogP contribution is 2.23. The second-order valence-corrected chi connectivity index (χ2v) is 4.56. The molecule has 0 amide bonds. The fourth-order valence-corrected chi connectivity index (χ4v) is 2.28.